The number of amides is 2. The van der Waals surface area contributed by atoms with Gasteiger partial charge < -0.3 is 4.74 Å². The van der Waals surface area contributed by atoms with Gasteiger partial charge in [0, 0.05) is 25.3 Å². The minimum atomic E-state index is -0.746. The van der Waals surface area contributed by atoms with Gasteiger partial charge >= 0.3 is 6.03 Å². The van der Waals surface area contributed by atoms with E-state index in [1.807, 2.05) is 53.7 Å². The summed E-state index contributed by atoms with van der Waals surface area (Å²) in [4.78, 5) is 16.5. The van der Waals surface area contributed by atoms with Crippen molar-refractivity contribution in [3.63, 3.8) is 0 Å². The minimum absolute atomic E-state index is 0.127. The second kappa shape index (κ2) is 12.5. The molecule has 0 aromatic heterocycles. The van der Waals surface area contributed by atoms with Crippen LogP contribution >= 0.6 is 0 Å². The molecule has 1 spiro atoms. The number of urea groups is 1. The molecule has 2 aliphatic rings. The second-order valence-corrected chi connectivity index (χ2v) is 8.24. The Kier molecular flexibility index (Phi) is 10.1. The van der Waals surface area contributed by atoms with E-state index in [0.717, 1.165) is 25.4 Å². The number of anilines is 1. The van der Waals surface area contributed by atoms with Gasteiger partial charge in [0.1, 0.15) is 22.9 Å². The number of likely N-dealkylation sites (tertiary alicyclic amines) is 1. The highest BCUT2D eigenvalue weighted by Gasteiger charge is 2.52. The van der Waals surface area contributed by atoms with Gasteiger partial charge in [-0.3, -0.25) is 20.5 Å². The summed E-state index contributed by atoms with van der Waals surface area (Å²) >= 11 is 0. The predicted octanol–water partition coefficient (Wildman–Crippen LogP) is 6.21. The molecule has 2 aliphatic heterocycles. The van der Waals surface area contributed by atoms with Crippen LogP contribution in [0.4, 0.5) is 14.9 Å². The summed E-state index contributed by atoms with van der Waals surface area (Å²) in [5.41, 5.74) is 0.910. The molecule has 2 saturated heterocycles. The molecule has 0 atom stereocenters. The van der Waals surface area contributed by atoms with Crippen LogP contribution in [0.1, 0.15) is 59.9 Å². The molecule has 2 fully saturated rings. The van der Waals surface area contributed by atoms with Gasteiger partial charge in [-0.05, 0) is 62.6 Å². The van der Waals surface area contributed by atoms with E-state index in [2.05, 4.69) is 22.3 Å². The first kappa shape index (κ1) is 27.3. The molecule has 186 valence electrons. The molecule has 6 nitrogen and oxygen atoms in total. The zero-order chi connectivity index (χ0) is 25.3. The fraction of sp³-hybridized carbons (Fsp3) is 0.481. The first-order valence-corrected chi connectivity index (χ1v) is 12.3. The quantitative estimate of drug-likeness (QED) is 0.546. The van der Waals surface area contributed by atoms with Crippen LogP contribution in [-0.4, -0.2) is 41.5 Å². The van der Waals surface area contributed by atoms with Crippen molar-refractivity contribution in [3.05, 3.63) is 59.9 Å². The Morgan fingerprint density at radius 1 is 1.06 bits per heavy atom. The van der Waals surface area contributed by atoms with Crippen molar-refractivity contribution in [2.45, 2.75) is 72.6 Å². The van der Waals surface area contributed by atoms with Crippen molar-refractivity contribution in [3.8, 4) is 5.75 Å². The fourth-order valence-corrected chi connectivity index (χ4v) is 4.37. The normalized spacial score (nSPS) is 17.0. The SMILES string of the molecule is CC.CC.CC(C)Oc1cccc(CN2CCC3(CC2)C(=N)NC(=O)N3c2cccc(F)c2)c1. The number of ether oxygens (including phenoxy) is 1. The Hall–Kier alpha value is -2.93. The van der Waals surface area contributed by atoms with Crippen molar-refractivity contribution >= 4 is 17.6 Å². The van der Waals surface area contributed by atoms with Crippen LogP contribution < -0.4 is 15.0 Å². The monoisotopic (exact) mass is 470 g/mol. The van der Waals surface area contributed by atoms with Crippen molar-refractivity contribution in [2.75, 3.05) is 18.0 Å². The molecule has 0 unspecified atom stereocenters. The minimum Gasteiger partial charge on any atom is -0.491 e. The lowest BCUT2D eigenvalue weighted by molar-refractivity contribution is 0.183. The van der Waals surface area contributed by atoms with Gasteiger partial charge in [-0.1, -0.05) is 45.9 Å². The van der Waals surface area contributed by atoms with Crippen molar-refractivity contribution in [1.29, 1.82) is 5.41 Å². The van der Waals surface area contributed by atoms with Crippen LogP contribution in [0.25, 0.3) is 0 Å². The van der Waals surface area contributed by atoms with E-state index in [9.17, 15) is 9.18 Å². The van der Waals surface area contributed by atoms with Gasteiger partial charge in [-0.25, -0.2) is 9.18 Å². The molecule has 0 aliphatic carbocycles. The summed E-state index contributed by atoms with van der Waals surface area (Å²) in [5, 5.41) is 11.1. The third-order valence-corrected chi connectivity index (χ3v) is 5.75. The number of hydrogen-bond donors (Lipinski definition) is 2. The Bertz CT molecular complexity index is 955. The molecule has 2 aromatic carbocycles. The number of carbonyl (C=O) groups is 1. The van der Waals surface area contributed by atoms with E-state index in [1.54, 1.807) is 17.0 Å². The van der Waals surface area contributed by atoms with Crippen LogP contribution in [0.2, 0.25) is 0 Å². The molecule has 2 aromatic rings. The molecule has 0 radical (unpaired) electrons. The van der Waals surface area contributed by atoms with Gasteiger partial charge in [-0.15, -0.1) is 0 Å². The fourth-order valence-electron chi connectivity index (χ4n) is 4.37. The predicted molar refractivity (Wildman–Crippen MR) is 137 cm³/mol. The van der Waals surface area contributed by atoms with Gasteiger partial charge in [0.2, 0.25) is 0 Å². The number of rotatable bonds is 5. The smallest absolute Gasteiger partial charge is 0.328 e. The third kappa shape index (κ3) is 6.14. The van der Waals surface area contributed by atoms with Crippen molar-refractivity contribution in [1.82, 2.24) is 10.2 Å². The topological polar surface area (TPSA) is 68.7 Å². The maximum atomic E-state index is 13.8. The van der Waals surface area contributed by atoms with E-state index in [-0.39, 0.29) is 18.0 Å². The van der Waals surface area contributed by atoms with E-state index in [4.69, 9.17) is 10.1 Å². The lowest BCUT2D eigenvalue weighted by atomic mass is 9.85. The molecule has 7 heteroatoms. The maximum Gasteiger partial charge on any atom is 0.328 e. The van der Waals surface area contributed by atoms with E-state index >= 15 is 0 Å². The lowest BCUT2D eigenvalue weighted by Crippen LogP contribution is -2.56. The van der Waals surface area contributed by atoms with Crippen LogP contribution in [-0.2, 0) is 6.54 Å². The van der Waals surface area contributed by atoms with Gasteiger partial charge in [-0.2, -0.15) is 0 Å². The van der Waals surface area contributed by atoms with E-state index in [0.29, 0.717) is 18.5 Å². The van der Waals surface area contributed by atoms with Crippen LogP contribution in [0.15, 0.2) is 48.5 Å². The average molecular weight is 471 g/mol. The Morgan fingerprint density at radius 2 is 1.71 bits per heavy atom. The van der Waals surface area contributed by atoms with Crippen molar-refractivity contribution in [2.24, 2.45) is 0 Å². The van der Waals surface area contributed by atoms with E-state index in [1.165, 1.54) is 17.7 Å². The molecule has 34 heavy (non-hydrogen) atoms. The van der Waals surface area contributed by atoms with Gasteiger partial charge in [0.05, 0.1) is 6.10 Å². The van der Waals surface area contributed by atoms with Crippen molar-refractivity contribution < 1.29 is 13.9 Å². The number of carbonyl (C=O) groups excluding carboxylic acids is 1. The first-order chi connectivity index (χ1) is 16.4. The molecule has 0 saturated carbocycles. The highest BCUT2D eigenvalue weighted by atomic mass is 19.1. The number of piperidine rings is 1. The molecular weight excluding hydrogens is 431 g/mol. The Labute approximate surface area is 203 Å². The number of hydrogen-bond acceptors (Lipinski definition) is 4. The van der Waals surface area contributed by atoms with Crippen LogP contribution in [0.3, 0.4) is 0 Å². The molecular formula is C27H39FN4O2. The van der Waals surface area contributed by atoms with Crippen LogP contribution in [0, 0.1) is 11.2 Å². The van der Waals surface area contributed by atoms with Gasteiger partial charge in [0.15, 0.2) is 0 Å². The summed E-state index contributed by atoms with van der Waals surface area (Å²) in [6.45, 7) is 14.3. The molecule has 0 bridgehead atoms. The second-order valence-electron chi connectivity index (χ2n) is 8.24. The molecule has 2 heterocycles. The average Bonchev–Trinajstić information content (AvgIpc) is 3.06. The van der Waals surface area contributed by atoms with Gasteiger partial charge in [0.25, 0.3) is 0 Å². The number of benzene rings is 2. The Balaban J connectivity index is 0.000000970. The molecule has 2 amide bonds. The summed E-state index contributed by atoms with van der Waals surface area (Å²) in [6, 6.07) is 13.8. The zero-order valence-electron chi connectivity index (χ0n) is 21.3. The lowest BCUT2D eigenvalue weighted by Gasteiger charge is -2.43. The highest BCUT2D eigenvalue weighted by molar-refractivity contribution is 6.18. The third-order valence-electron chi connectivity index (χ3n) is 5.75. The number of nitrogens with zero attached hydrogens (tertiary/aromatic N) is 2. The summed E-state index contributed by atoms with van der Waals surface area (Å²) in [6.07, 6.45) is 1.36. The van der Waals surface area contributed by atoms with Crippen LogP contribution in [0.5, 0.6) is 5.75 Å². The summed E-state index contributed by atoms with van der Waals surface area (Å²) < 4.78 is 19.6. The number of halogens is 1. The highest BCUT2D eigenvalue weighted by Crippen LogP contribution is 2.37. The largest absolute Gasteiger partial charge is 0.491 e. The maximum absolute atomic E-state index is 13.8. The zero-order valence-corrected chi connectivity index (χ0v) is 21.3. The summed E-state index contributed by atoms with van der Waals surface area (Å²) in [7, 11) is 0. The standard InChI is InChI=1S/C23H27FN4O2.2C2H6/c1-16(2)30-20-8-3-5-17(13-20)15-27-11-9-23(10-12-27)21(25)26-22(29)28(23)19-7-4-6-18(24)14-19;2*1-2/h3-8,13-14,16H,9-12,15H2,1-2H3,(H2,25,26,29);2*1-2H3. The summed E-state index contributed by atoms with van der Waals surface area (Å²) in [5.74, 6) is 0.666. The molecule has 4 rings (SSSR count). The number of amidine groups is 1. The first-order valence-electron chi connectivity index (χ1n) is 12.3. The van der Waals surface area contributed by atoms with E-state index < -0.39 is 11.4 Å². The molecule has 2 N–H and O–H groups in total. The Morgan fingerprint density at radius 3 is 2.32 bits per heavy atom. The number of nitrogens with one attached hydrogen (secondary N) is 2.